The number of thiocarbonyl (C=S) groups is 1. The lowest BCUT2D eigenvalue weighted by atomic mass is 10.1. The predicted octanol–water partition coefficient (Wildman–Crippen LogP) is 2.96. The number of halogens is 2. The Morgan fingerprint density at radius 2 is 2.05 bits per heavy atom. The van der Waals surface area contributed by atoms with E-state index < -0.39 is 9.75 Å². The summed E-state index contributed by atoms with van der Waals surface area (Å²) < 4.78 is -1.04. The molecule has 7 heteroatoms. The van der Waals surface area contributed by atoms with Gasteiger partial charge in [-0.25, -0.2) is 0 Å². The van der Waals surface area contributed by atoms with E-state index in [1.54, 1.807) is 31.2 Å². The predicted molar refractivity (Wildman–Crippen MR) is 82.7 cm³/mol. The molecule has 0 radical (unpaired) electrons. The zero-order valence-corrected chi connectivity index (χ0v) is 12.9. The molecule has 1 saturated carbocycles. The minimum absolute atomic E-state index is 0.106. The van der Waals surface area contributed by atoms with Crippen molar-refractivity contribution in [3.8, 4) is 6.07 Å². The van der Waals surface area contributed by atoms with Gasteiger partial charge in [-0.1, -0.05) is 12.1 Å². The number of carbonyl (C=O) groups excluding carboxylic acids is 1. The molecular formula is C13H11Cl2N3OS. The van der Waals surface area contributed by atoms with Crippen LogP contribution >= 0.6 is 35.4 Å². The van der Waals surface area contributed by atoms with Gasteiger partial charge in [-0.15, -0.1) is 23.2 Å². The molecule has 0 spiro atoms. The molecule has 1 aromatic rings. The van der Waals surface area contributed by atoms with E-state index in [1.165, 1.54) is 0 Å². The molecule has 0 aliphatic heterocycles. The highest BCUT2D eigenvalue weighted by atomic mass is 35.5. The van der Waals surface area contributed by atoms with Crippen molar-refractivity contribution in [3.63, 3.8) is 0 Å². The van der Waals surface area contributed by atoms with Gasteiger partial charge in [0.05, 0.1) is 16.7 Å². The van der Waals surface area contributed by atoms with E-state index in [0.717, 1.165) is 0 Å². The maximum atomic E-state index is 12.0. The number of anilines is 1. The molecule has 4 nitrogen and oxygen atoms in total. The van der Waals surface area contributed by atoms with Crippen LogP contribution in [0.15, 0.2) is 24.3 Å². The number of benzene rings is 1. The van der Waals surface area contributed by atoms with Gasteiger partial charge in [0.1, 0.15) is 10.4 Å². The second-order valence-electron chi connectivity index (χ2n) is 4.78. The molecule has 104 valence electrons. The maximum Gasteiger partial charge on any atom is 0.235 e. The molecule has 20 heavy (non-hydrogen) atoms. The summed E-state index contributed by atoms with van der Waals surface area (Å²) in [5.41, 5.74) is 0.131. The van der Waals surface area contributed by atoms with E-state index in [2.05, 4.69) is 10.6 Å². The lowest BCUT2D eigenvalue weighted by Gasteiger charge is -2.14. The Bertz CT molecular complexity index is 626. The number of hydrogen-bond acceptors (Lipinski definition) is 3. The SMILES string of the molecule is C[C@@]1(C(=O)NC(=S)Nc2ccccc2C#N)CC1(Cl)Cl. The maximum absolute atomic E-state index is 12.0. The van der Waals surface area contributed by atoms with Gasteiger partial charge < -0.3 is 10.6 Å². The molecule has 1 amide bonds. The van der Waals surface area contributed by atoms with Gasteiger partial charge in [0, 0.05) is 0 Å². The minimum atomic E-state index is -1.04. The zero-order valence-electron chi connectivity index (χ0n) is 10.5. The van der Waals surface area contributed by atoms with E-state index in [-0.39, 0.29) is 11.0 Å². The van der Waals surface area contributed by atoms with Crippen molar-refractivity contribution in [1.29, 1.82) is 5.26 Å². The Labute approximate surface area is 132 Å². The Balaban J connectivity index is 2.01. The summed E-state index contributed by atoms with van der Waals surface area (Å²) in [5.74, 6) is -0.338. The van der Waals surface area contributed by atoms with Crippen LogP contribution in [-0.4, -0.2) is 15.4 Å². The van der Waals surface area contributed by atoms with Gasteiger partial charge >= 0.3 is 0 Å². The van der Waals surface area contributed by atoms with Crippen molar-refractivity contribution < 1.29 is 4.79 Å². The number of hydrogen-bond donors (Lipinski definition) is 2. The quantitative estimate of drug-likeness (QED) is 0.647. The van der Waals surface area contributed by atoms with Crippen LogP contribution in [-0.2, 0) is 4.79 Å². The Kier molecular flexibility index (Phi) is 3.92. The molecular weight excluding hydrogens is 317 g/mol. The van der Waals surface area contributed by atoms with Crippen LogP contribution in [0.4, 0.5) is 5.69 Å². The van der Waals surface area contributed by atoms with Crippen molar-refractivity contribution in [1.82, 2.24) is 5.32 Å². The normalized spacial score (nSPS) is 22.5. The topological polar surface area (TPSA) is 64.9 Å². The standard InChI is InChI=1S/C13H11Cl2N3OS/c1-12(7-13(12,14)15)10(19)18-11(20)17-9-5-3-2-4-8(9)6-16/h2-5H,7H2,1H3,(H2,17,18,19,20)/t12-/m0/s1. The van der Waals surface area contributed by atoms with Crippen molar-refractivity contribution in [3.05, 3.63) is 29.8 Å². The van der Waals surface area contributed by atoms with Gasteiger partial charge in [-0.3, -0.25) is 4.79 Å². The van der Waals surface area contributed by atoms with Crippen LogP contribution in [0.2, 0.25) is 0 Å². The third kappa shape index (κ3) is 2.73. The Morgan fingerprint density at radius 1 is 1.45 bits per heavy atom. The summed E-state index contributed by atoms with van der Waals surface area (Å²) >= 11 is 16.9. The number of carbonyl (C=O) groups is 1. The summed E-state index contributed by atoms with van der Waals surface area (Å²) in [5, 5.41) is 14.4. The van der Waals surface area contributed by atoms with Crippen LogP contribution in [0.25, 0.3) is 0 Å². The van der Waals surface area contributed by atoms with Crippen molar-refractivity contribution in [2.75, 3.05) is 5.32 Å². The van der Waals surface area contributed by atoms with E-state index in [9.17, 15) is 4.79 Å². The summed E-state index contributed by atoms with van der Waals surface area (Å²) in [6.45, 7) is 1.67. The second kappa shape index (κ2) is 5.21. The molecule has 0 unspecified atom stereocenters. The monoisotopic (exact) mass is 327 g/mol. The number of nitrogens with zero attached hydrogens (tertiary/aromatic N) is 1. The molecule has 1 aromatic carbocycles. The Morgan fingerprint density at radius 3 is 2.60 bits per heavy atom. The summed E-state index contributed by atoms with van der Waals surface area (Å²) in [6.07, 6.45) is 0.381. The number of amides is 1. The number of para-hydroxylation sites is 1. The highest BCUT2D eigenvalue weighted by Gasteiger charge is 2.68. The van der Waals surface area contributed by atoms with E-state index in [1.807, 2.05) is 6.07 Å². The molecule has 0 heterocycles. The second-order valence-corrected chi connectivity index (χ2v) is 6.67. The number of rotatable bonds is 2. The first-order valence-electron chi connectivity index (χ1n) is 5.79. The molecule has 1 aliphatic rings. The van der Waals surface area contributed by atoms with Crippen LogP contribution in [0.1, 0.15) is 18.9 Å². The van der Waals surface area contributed by atoms with Crippen LogP contribution in [0, 0.1) is 16.7 Å². The summed E-state index contributed by atoms with van der Waals surface area (Å²) in [4.78, 5) is 12.0. The molecule has 1 aliphatic carbocycles. The average Bonchev–Trinajstić information content (AvgIpc) is 2.90. The molecule has 0 saturated heterocycles. The molecule has 1 atom stereocenters. The van der Waals surface area contributed by atoms with Crippen LogP contribution in [0.5, 0.6) is 0 Å². The molecule has 2 N–H and O–H groups in total. The molecule has 0 bridgehead atoms. The highest BCUT2D eigenvalue weighted by Crippen LogP contribution is 2.63. The fourth-order valence-corrected chi connectivity index (χ4v) is 2.64. The van der Waals surface area contributed by atoms with Crippen molar-refractivity contribution in [2.45, 2.75) is 17.7 Å². The van der Waals surface area contributed by atoms with Crippen LogP contribution in [0.3, 0.4) is 0 Å². The first-order chi connectivity index (χ1) is 9.30. The Hall–Kier alpha value is -1.35. The van der Waals surface area contributed by atoms with Gasteiger partial charge in [0.2, 0.25) is 5.91 Å². The van der Waals surface area contributed by atoms with Gasteiger partial charge in [0.25, 0.3) is 0 Å². The third-order valence-corrected chi connectivity index (χ3v) is 4.59. The van der Waals surface area contributed by atoms with Gasteiger partial charge in [-0.05, 0) is 37.7 Å². The molecule has 1 fully saturated rings. The number of alkyl halides is 2. The first-order valence-corrected chi connectivity index (χ1v) is 6.96. The third-order valence-electron chi connectivity index (χ3n) is 3.28. The number of nitrogens with one attached hydrogen (secondary N) is 2. The summed E-state index contributed by atoms with van der Waals surface area (Å²) in [7, 11) is 0. The fourth-order valence-electron chi connectivity index (χ4n) is 1.73. The zero-order chi connectivity index (χ0) is 15.0. The summed E-state index contributed by atoms with van der Waals surface area (Å²) in [6, 6.07) is 8.89. The highest BCUT2D eigenvalue weighted by molar-refractivity contribution is 7.80. The smallest absolute Gasteiger partial charge is 0.235 e. The largest absolute Gasteiger partial charge is 0.331 e. The van der Waals surface area contributed by atoms with Crippen molar-refractivity contribution in [2.24, 2.45) is 5.41 Å². The molecule has 0 aromatic heterocycles. The minimum Gasteiger partial charge on any atom is -0.331 e. The molecule has 2 rings (SSSR count). The first kappa shape index (κ1) is 15.0. The lowest BCUT2D eigenvalue weighted by molar-refractivity contribution is -0.124. The van der Waals surface area contributed by atoms with Crippen LogP contribution < -0.4 is 10.6 Å². The average molecular weight is 328 g/mol. The van der Waals surface area contributed by atoms with Gasteiger partial charge in [0.15, 0.2) is 5.11 Å². The fraction of sp³-hybridized carbons (Fsp3) is 0.308. The van der Waals surface area contributed by atoms with E-state index >= 15 is 0 Å². The van der Waals surface area contributed by atoms with E-state index in [0.29, 0.717) is 17.7 Å². The van der Waals surface area contributed by atoms with Gasteiger partial charge in [-0.2, -0.15) is 5.26 Å². The van der Waals surface area contributed by atoms with E-state index in [4.69, 9.17) is 40.7 Å². The lowest BCUT2D eigenvalue weighted by Crippen LogP contribution is -2.40. The van der Waals surface area contributed by atoms with Crippen molar-refractivity contribution >= 4 is 52.1 Å². The number of nitriles is 1.